The van der Waals surface area contributed by atoms with Gasteiger partial charge in [-0.3, -0.25) is 0 Å². The molecule has 0 unspecified atom stereocenters. The molecule has 0 aliphatic heterocycles. The number of aryl methyl sites for hydroxylation is 1. The average Bonchev–Trinajstić information content (AvgIpc) is 2.90. The van der Waals surface area contributed by atoms with Gasteiger partial charge in [0.2, 0.25) is 5.89 Å². The SMILES string of the molecule is C=Cc1ccc(-c2nc3ccccc3o2)c(CC)c1. The fourth-order valence-corrected chi connectivity index (χ4v) is 2.23. The van der Waals surface area contributed by atoms with Gasteiger partial charge in [0.05, 0.1) is 0 Å². The monoisotopic (exact) mass is 249 g/mol. The molecule has 2 nitrogen and oxygen atoms in total. The van der Waals surface area contributed by atoms with Crippen LogP contribution in [0.1, 0.15) is 18.1 Å². The summed E-state index contributed by atoms with van der Waals surface area (Å²) < 4.78 is 5.83. The lowest BCUT2D eigenvalue weighted by atomic mass is 10.0. The molecule has 0 aliphatic rings. The highest BCUT2D eigenvalue weighted by Crippen LogP contribution is 2.28. The van der Waals surface area contributed by atoms with Crippen LogP contribution in [0.2, 0.25) is 0 Å². The number of hydrogen-bond acceptors (Lipinski definition) is 2. The van der Waals surface area contributed by atoms with Crippen LogP contribution in [0.25, 0.3) is 28.6 Å². The Kier molecular flexibility index (Phi) is 2.92. The highest BCUT2D eigenvalue weighted by molar-refractivity contribution is 5.77. The van der Waals surface area contributed by atoms with Gasteiger partial charge in [-0.15, -0.1) is 0 Å². The molecule has 0 saturated carbocycles. The molecule has 0 atom stereocenters. The zero-order valence-corrected chi connectivity index (χ0v) is 10.9. The number of para-hydroxylation sites is 2. The minimum Gasteiger partial charge on any atom is -0.436 e. The summed E-state index contributed by atoms with van der Waals surface area (Å²) >= 11 is 0. The van der Waals surface area contributed by atoms with Gasteiger partial charge >= 0.3 is 0 Å². The van der Waals surface area contributed by atoms with Crippen LogP contribution in [0.3, 0.4) is 0 Å². The molecule has 0 radical (unpaired) electrons. The summed E-state index contributed by atoms with van der Waals surface area (Å²) in [5.74, 6) is 0.689. The third-order valence-electron chi connectivity index (χ3n) is 3.27. The van der Waals surface area contributed by atoms with Gasteiger partial charge in [0.1, 0.15) is 5.52 Å². The molecule has 19 heavy (non-hydrogen) atoms. The molecule has 3 aromatic rings. The van der Waals surface area contributed by atoms with E-state index in [2.05, 4.69) is 30.6 Å². The standard InChI is InChI=1S/C17H15NO/c1-3-12-9-10-14(13(4-2)11-12)17-18-15-7-5-6-8-16(15)19-17/h3,5-11H,1,4H2,2H3. The van der Waals surface area contributed by atoms with Crippen LogP contribution in [0.4, 0.5) is 0 Å². The van der Waals surface area contributed by atoms with E-state index >= 15 is 0 Å². The Labute approximate surface area is 112 Å². The van der Waals surface area contributed by atoms with Crippen molar-refractivity contribution in [1.82, 2.24) is 4.98 Å². The van der Waals surface area contributed by atoms with E-state index < -0.39 is 0 Å². The molecule has 2 aromatic carbocycles. The van der Waals surface area contributed by atoms with E-state index in [0.717, 1.165) is 28.6 Å². The molecule has 0 amide bonds. The first-order chi connectivity index (χ1) is 9.31. The van der Waals surface area contributed by atoms with E-state index in [0.29, 0.717) is 5.89 Å². The molecule has 2 heteroatoms. The Morgan fingerprint density at radius 3 is 2.79 bits per heavy atom. The molecule has 0 fully saturated rings. The second-order valence-corrected chi connectivity index (χ2v) is 4.46. The van der Waals surface area contributed by atoms with Crippen LogP contribution < -0.4 is 0 Å². The van der Waals surface area contributed by atoms with Gasteiger partial charge in [0.25, 0.3) is 0 Å². The van der Waals surface area contributed by atoms with Crippen molar-refractivity contribution in [3.8, 4) is 11.5 Å². The maximum atomic E-state index is 5.83. The fourth-order valence-electron chi connectivity index (χ4n) is 2.23. The number of fused-ring (bicyclic) bond motifs is 1. The molecular weight excluding hydrogens is 234 g/mol. The predicted octanol–water partition coefficient (Wildman–Crippen LogP) is 4.70. The number of oxazole rings is 1. The van der Waals surface area contributed by atoms with Crippen molar-refractivity contribution in [2.45, 2.75) is 13.3 Å². The van der Waals surface area contributed by atoms with E-state index in [1.54, 1.807) is 0 Å². The molecule has 0 aliphatic carbocycles. The zero-order chi connectivity index (χ0) is 13.2. The molecule has 1 aromatic heterocycles. The third kappa shape index (κ3) is 2.06. The lowest BCUT2D eigenvalue weighted by Crippen LogP contribution is -1.89. The molecule has 94 valence electrons. The Morgan fingerprint density at radius 2 is 2.05 bits per heavy atom. The van der Waals surface area contributed by atoms with Crippen LogP contribution in [0.15, 0.2) is 53.5 Å². The Bertz CT molecular complexity index is 707. The van der Waals surface area contributed by atoms with Crippen LogP contribution in [-0.4, -0.2) is 4.98 Å². The van der Waals surface area contributed by atoms with Crippen LogP contribution >= 0.6 is 0 Å². The van der Waals surface area contributed by atoms with Gasteiger partial charge in [-0.25, -0.2) is 4.98 Å². The summed E-state index contributed by atoms with van der Waals surface area (Å²) in [6.45, 7) is 5.94. The number of benzene rings is 2. The van der Waals surface area contributed by atoms with E-state index in [9.17, 15) is 0 Å². The number of rotatable bonds is 3. The Balaban J connectivity index is 2.17. The topological polar surface area (TPSA) is 26.0 Å². The Hall–Kier alpha value is -2.35. The summed E-state index contributed by atoms with van der Waals surface area (Å²) in [5.41, 5.74) is 5.13. The van der Waals surface area contributed by atoms with Gasteiger partial charge in [0.15, 0.2) is 5.58 Å². The van der Waals surface area contributed by atoms with Gasteiger partial charge in [-0.05, 0) is 35.7 Å². The highest BCUT2D eigenvalue weighted by atomic mass is 16.3. The predicted molar refractivity (Wildman–Crippen MR) is 78.9 cm³/mol. The largest absolute Gasteiger partial charge is 0.436 e. The van der Waals surface area contributed by atoms with Gasteiger partial charge < -0.3 is 4.42 Å². The van der Waals surface area contributed by atoms with Crippen LogP contribution in [-0.2, 0) is 6.42 Å². The number of nitrogens with zero attached hydrogens (tertiary/aromatic N) is 1. The van der Waals surface area contributed by atoms with Crippen LogP contribution in [0.5, 0.6) is 0 Å². The van der Waals surface area contributed by atoms with E-state index in [4.69, 9.17) is 4.42 Å². The minimum absolute atomic E-state index is 0.689. The summed E-state index contributed by atoms with van der Waals surface area (Å²) in [5, 5.41) is 0. The third-order valence-corrected chi connectivity index (χ3v) is 3.27. The van der Waals surface area contributed by atoms with Crippen molar-refractivity contribution in [2.75, 3.05) is 0 Å². The van der Waals surface area contributed by atoms with Crippen molar-refractivity contribution >= 4 is 17.2 Å². The second kappa shape index (κ2) is 4.73. The number of hydrogen-bond donors (Lipinski definition) is 0. The average molecular weight is 249 g/mol. The molecule has 0 spiro atoms. The summed E-state index contributed by atoms with van der Waals surface area (Å²) in [6, 6.07) is 14.1. The fraction of sp³-hybridized carbons (Fsp3) is 0.118. The smallest absolute Gasteiger partial charge is 0.227 e. The van der Waals surface area contributed by atoms with Gasteiger partial charge in [-0.1, -0.05) is 43.8 Å². The summed E-state index contributed by atoms with van der Waals surface area (Å²) in [6.07, 6.45) is 2.80. The van der Waals surface area contributed by atoms with Gasteiger partial charge in [-0.2, -0.15) is 0 Å². The van der Waals surface area contributed by atoms with Crippen molar-refractivity contribution in [3.05, 3.63) is 60.2 Å². The molecular formula is C17H15NO. The van der Waals surface area contributed by atoms with Crippen molar-refractivity contribution in [1.29, 1.82) is 0 Å². The first-order valence-electron chi connectivity index (χ1n) is 6.43. The first-order valence-corrected chi connectivity index (χ1v) is 6.43. The molecule has 0 bridgehead atoms. The minimum atomic E-state index is 0.689. The maximum absolute atomic E-state index is 5.83. The lowest BCUT2D eigenvalue weighted by Gasteiger charge is -2.05. The van der Waals surface area contributed by atoms with Crippen molar-refractivity contribution < 1.29 is 4.42 Å². The quantitative estimate of drug-likeness (QED) is 0.672. The normalized spacial score (nSPS) is 10.8. The van der Waals surface area contributed by atoms with E-state index in [1.165, 1.54) is 5.56 Å². The van der Waals surface area contributed by atoms with E-state index in [-0.39, 0.29) is 0 Å². The van der Waals surface area contributed by atoms with Crippen molar-refractivity contribution in [2.24, 2.45) is 0 Å². The van der Waals surface area contributed by atoms with Crippen molar-refractivity contribution in [3.63, 3.8) is 0 Å². The zero-order valence-electron chi connectivity index (χ0n) is 10.9. The first kappa shape index (κ1) is 11.7. The molecule has 0 N–H and O–H groups in total. The second-order valence-electron chi connectivity index (χ2n) is 4.46. The lowest BCUT2D eigenvalue weighted by molar-refractivity contribution is 0.619. The summed E-state index contributed by atoms with van der Waals surface area (Å²) in [7, 11) is 0. The van der Waals surface area contributed by atoms with Crippen LogP contribution in [0, 0.1) is 0 Å². The Morgan fingerprint density at radius 1 is 1.21 bits per heavy atom. The van der Waals surface area contributed by atoms with E-state index in [1.807, 2.05) is 36.4 Å². The highest BCUT2D eigenvalue weighted by Gasteiger charge is 2.11. The number of aromatic nitrogens is 1. The van der Waals surface area contributed by atoms with Gasteiger partial charge in [0, 0.05) is 5.56 Å². The molecule has 3 rings (SSSR count). The molecule has 0 saturated heterocycles. The molecule has 1 heterocycles. The summed E-state index contributed by atoms with van der Waals surface area (Å²) in [4.78, 5) is 4.55. The maximum Gasteiger partial charge on any atom is 0.227 e.